The summed E-state index contributed by atoms with van der Waals surface area (Å²) >= 11 is 1.47. The van der Waals surface area contributed by atoms with Gasteiger partial charge in [0, 0.05) is 24.8 Å². The zero-order chi connectivity index (χ0) is 24.7. The molecule has 34 heavy (non-hydrogen) atoms. The predicted octanol–water partition coefficient (Wildman–Crippen LogP) is 7.25. The monoisotopic (exact) mass is 479 g/mol. The highest BCUT2D eigenvalue weighted by atomic mass is 32.1. The van der Waals surface area contributed by atoms with Crippen LogP contribution in [0.4, 0.5) is 20.5 Å². The first-order valence-corrected chi connectivity index (χ1v) is 12.3. The molecular weight excluding hydrogens is 446 g/mol. The SMILES string of the molecule is CCCCN(C(=O)OC(C)(C)C)c1ccc(C(=O)Nc2ccc(NC)s2)c(-c2ccccc2)c1. The van der Waals surface area contributed by atoms with Crippen LogP contribution in [-0.4, -0.2) is 31.2 Å². The van der Waals surface area contributed by atoms with Gasteiger partial charge in [-0.15, -0.1) is 11.3 Å². The second-order valence-electron chi connectivity index (χ2n) is 8.95. The number of anilines is 3. The molecular formula is C27H33N3O3S. The van der Waals surface area contributed by atoms with E-state index in [1.165, 1.54) is 11.3 Å². The molecule has 2 aromatic carbocycles. The Morgan fingerprint density at radius 2 is 1.71 bits per heavy atom. The maximum atomic E-state index is 13.3. The van der Waals surface area contributed by atoms with Gasteiger partial charge in [-0.25, -0.2) is 4.79 Å². The molecule has 0 fully saturated rings. The van der Waals surface area contributed by atoms with E-state index in [2.05, 4.69) is 17.6 Å². The van der Waals surface area contributed by atoms with Gasteiger partial charge in [0.05, 0.1) is 10.0 Å². The van der Waals surface area contributed by atoms with Gasteiger partial charge in [-0.1, -0.05) is 43.7 Å². The van der Waals surface area contributed by atoms with Crippen molar-refractivity contribution in [1.29, 1.82) is 0 Å². The van der Waals surface area contributed by atoms with E-state index in [9.17, 15) is 9.59 Å². The molecule has 3 aromatic rings. The zero-order valence-electron chi connectivity index (χ0n) is 20.5. The van der Waals surface area contributed by atoms with Gasteiger partial charge in [0.15, 0.2) is 0 Å². The topological polar surface area (TPSA) is 70.7 Å². The Morgan fingerprint density at radius 1 is 1.00 bits per heavy atom. The molecule has 0 saturated carbocycles. The van der Waals surface area contributed by atoms with Crippen LogP contribution in [0.2, 0.25) is 0 Å². The number of hydrogen-bond acceptors (Lipinski definition) is 5. The minimum Gasteiger partial charge on any atom is -0.443 e. The molecule has 1 heterocycles. The Hall–Kier alpha value is -3.32. The van der Waals surface area contributed by atoms with Crippen LogP contribution in [0.15, 0.2) is 60.7 Å². The highest BCUT2D eigenvalue weighted by Gasteiger charge is 2.24. The molecule has 6 nitrogen and oxygen atoms in total. The largest absolute Gasteiger partial charge is 0.443 e. The fraction of sp³-hybridized carbons (Fsp3) is 0.333. The first-order chi connectivity index (χ1) is 16.2. The van der Waals surface area contributed by atoms with Crippen LogP contribution in [0, 0.1) is 0 Å². The van der Waals surface area contributed by atoms with Gasteiger partial charge in [-0.05, 0) is 68.7 Å². The third-order valence-electron chi connectivity index (χ3n) is 5.08. The normalized spacial score (nSPS) is 11.1. The lowest BCUT2D eigenvalue weighted by atomic mass is 9.98. The van der Waals surface area contributed by atoms with Crippen LogP contribution < -0.4 is 15.5 Å². The number of nitrogens with one attached hydrogen (secondary N) is 2. The molecule has 0 aliphatic rings. The molecule has 0 radical (unpaired) electrons. The minimum atomic E-state index is -0.601. The van der Waals surface area contributed by atoms with Crippen molar-refractivity contribution in [3.05, 3.63) is 66.2 Å². The van der Waals surface area contributed by atoms with E-state index in [0.29, 0.717) is 17.8 Å². The van der Waals surface area contributed by atoms with Crippen molar-refractivity contribution < 1.29 is 14.3 Å². The minimum absolute atomic E-state index is 0.202. The van der Waals surface area contributed by atoms with Crippen LogP contribution >= 0.6 is 11.3 Å². The summed E-state index contributed by atoms with van der Waals surface area (Å²) in [7, 11) is 1.85. The standard InChI is InChI=1S/C27H33N3O3S/c1-6-7-17-30(26(32)33-27(2,3)4)20-13-14-21(22(18-20)19-11-9-8-10-12-19)25(31)29-24-16-15-23(28-5)34-24/h8-16,18,28H,6-7,17H2,1-5H3,(H,29,31). The number of carbonyl (C=O) groups is 2. The average Bonchev–Trinajstić information content (AvgIpc) is 3.26. The zero-order valence-corrected chi connectivity index (χ0v) is 21.3. The molecule has 0 aliphatic carbocycles. The summed E-state index contributed by atoms with van der Waals surface area (Å²) in [6.45, 7) is 8.19. The van der Waals surface area contributed by atoms with Crippen molar-refractivity contribution in [3.63, 3.8) is 0 Å². The molecule has 0 aliphatic heterocycles. The number of hydrogen-bond donors (Lipinski definition) is 2. The maximum Gasteiger partial charge on any atom is 0.414 e. The number of rotatable bonds is 8. The number of carbonyl (C=O) groups excluding carboxylic acids is 2. The molecule has 0 unspecified atom stereocenters. The van der Waals surface area contributed by atoms with Crippen molar-refractivity contribution in [2.24, 2.45) is 0 Å². The lowest BCUT2D eigenvalue weighted by Crippen LogP contribution is -2.37. The van der Waals surface area contributed by atoms with Crippen molar-refractivity contribution in [2.45, 2.75) is 46.1 Å². The van der Waals surface area contributed by atoms with Gasteiger partial charge in [0.2, 0.25) is 0 Å². The Bertz CT molecular complexity index is 1120. The van der Waals surface area contributed by atoms with Gasteiger partial charge < -0.3 is 15.4 Å². The maximum absolute atomic E-state index is 13.3. The molecule has 180 valence electrons. The van der Waals surface area contributed by atoms with Crippen molar-refractivity contribution in [3.8, 4) is 11.1 Å². The summed E-state index contributed by atoms with van der Waals surface area (Å²) in [5.41, 5.74) is 2.29. The Morgan fingerprint density at radius 3 is 2.32 bits per heavy atom. The van der Waals surface area contributed by atoms with Gasteiger partial charge in [-0.2, -0.15) is 0 Å². The number of amides is 2. The van der Waals surface area contributed by atoms with Crippen molar-refractivity contribution in [1.82, 2.24) is 0 Å². The van der Waals surface area contributed by atoms with E-state index in [-0.39, 0.29) is 5.91 Å². The Labute approximate surface area is 205 Å². The van der Waals surface area contributed by atoms with Crippen LogP contribution in [0.25, 0.3) is 11.1 Å². The Kier molecular flexibility index (Phi) is 8.34. The molecule has 0 saturated heterocycles. The lowest BCUT2D eigenvalue weighted by Gasteiger charge is -2.28. The molecule has 0 bridgehead atoms. The van der Waals surface area contributed by atoms with Crippen LogP contribution in [0.3, 0.4) is 0 Å². The lowest BCUT2D eigenvalue weighted by molar-refractivity contribution is 0.0580. The first kappa shape index (κ1) is 25.3. The van der Waals surface area contributed by atoms with Crippen LogP contribution in [-0.2, 0) is 4.74 Å². The molecule has 3 rings (SSSR count). The van der Waals surface area contributed by atoms with Gasteiger partial charge in [0.25, 0.3) is 5.91 Å². The molecule has 1 aromatic heterocycles. The van der Waals surface area contributed by atoms with Crippen LogP contribution in [0.1, 0.15) is 50.9 Å². The Balaban J connectivity index is 2.01. The summed E-state index contributed by atoms with van der Waals surface area (Å²) in [5, 5.41) is 7.80. The highest BCUT2D eigenvalue weighted by molar-refractivity contribution is 7.20. The molecule has 7 heteroatoms. The van der Waals surface area contributed by atoms with Gasteiger partial charge in [0.1, 0.15) is 5.60 Å². The fourth-order valence-electron chi connectivity index (χ4n) is 3.43. The summed E-state index contributed by atoms with van der Waals surface area (Å²) in [6.07, 6.45) is 1.39. The molecule has 0 atom stereocenters. The molecule has 2 N–H and O–H groups in total. The number of benzene rings is 2. The van der Waals surface area contributed by atoms with Crippen LogP contribution in [0.5, 0.6) is 0 Å². The van der Waals surface area contributed by atoms with Crippen molar-refractivity contribution in [2.75, 3.05) is 29.1 Å². The first-order valence-electron chi connectivity index (χ1n) is 11.5. The number of unbranched alkanes of at least 4 members (excludes halogenated alkanes) is 1. The molecule has 0 spiro atoms. The fourth-order valence-corrected chi connectivity index (χ4v) is 4.19. The van der Waals surface area contributed by atoms with E-state index in [4.69, 9.17) is 4.74 Å². The second kappa shape index (κ2) is 11.2. The highest BCUT2D eigenvalue weighted by Crippen LogP contribution is 2.32. The van der Waals surface area contributed by atoms with Gasteiger partial charge >= 0.3 is 6.09 Å². The van der Waals surface area contributed by atoms with E-state index in [0.717, 1.165) is 34.0 Å². The van der Waals surface area contributed by atoms with Gasteiger partial charge in [-0.3, -0.25) is 9.69 Å². The third kappa shape index (κ3) is 6.60. The second-order valence-corrected chi connectivity index (χ2v) is 10.0. The van der Waals surface area contributed by atoms with E-state index in [1.54, 1.807) is 11.0 Å². The average molecular weight is 480 g/mol. The number of nitrogens with zero attached hydrogens (tertiary/aromatic N) is 1. The smallest absolute Gasteiger partial charge is 0.414 e. The summed E-state index contributed by atoms with van der Waals surface area (Å²) < 4.78 is 5.67. The molecule has 2 amide bonds. The number of ether oxygens (including phenoxy) is 1. The quantitative estimate of drug-likeness (QED) is 0.357. The van der Waals surface area contributed by atoms with E-state index < -0.39 is 11.7 Å². The van der Waals surface area contributed by atoms with E-state index in [1.807, 2.05) is 82.4 Å². The predicted molar refractivity (Wildman–Crippen MR) is 142 cm³/mol. The third-order valence-corrected chi connectivity index (χ3v) is 6.10. The number of thiophene rings is 1. The van der Waals surface area contributed by atoms with E-state index >= 15 is 0 Å². The summed E-state index contributed by atoms with van der Waals surface area (Å²) in [6, 6.07) is 19.0. The summed E-state index contributed by atoms with van der Waals surface area (Å²) in [4.78, 5) is 27.9. The summed E-state index contributed by atoms with van der Waals surface area (Å²) in [5.74, 6) is -0.202. The van der Waals surface area contributed by atoms with Crippen molar-refractivity contribution >= 4 is 39.0 Å².